The van der Waals surface area contributed by atoms with Gasteiger partial charge in [0.1, 0.15) is 18.0 Å². The topological polar surface area (TPSA) is 174 Å². The quantitative estimate of drug-likeness (QED) is 0.103. The number of likely N-dealkylation sites (tertiary alicyclic amines) is 1. The molecule has 14 nitrogen and oxygen atoms in total. The van der Waals surface area contributed by atoms with Crippen molar-refractivity contribution in [3.63, 3.8) is 0 Å². The lowest BCUT2D eigenvalue weighted by atomic mass is 9.69. The SMILES string of the molecule is Cc1cc(-c2ncnc3[nH]c4cc(N5CCC6(CC5)CCN(C5CC(c7ccc(N[C@H]8CCC(=O)NC8=O)cc7)C5)CC6)ccc4c23)ccc1[C@@H](C)NC(=O)c1nc(C(C)(C)C)no1. The smallest absolute Gasteiger partial charge is 0.315 e. The number of fused-ring (bicyclic) bond motifs is 3. The average molecular weight is 863 g/mol. The van der Waals surface area contributed by atoms with Gasteiger partial charge in [0.15, 0.2) is 5.82 Å². The first-order chi connectivity index (χ1) is 30.8. The first kappa shape index (κ1) is 41.8. The molecule has 10 rings (SSSR count). The third-order valence-electron chi connectivity index (χ3n) is 14.7. The summed E-state index contributed by atoms with van der Waals surface area (Å²) < 4.78 is 5.27. The minimum atomic E-state index is -0.399. The number of aromatic amines is 1. The number of nitrogens with one attached hydrogen (secondary N) is 4. The number of amides is 3. The number of imide groups is 1. The lowest BCUT2D eigenvalue weighted by Gasteiger charge is -2.51. The molecule has 1 saturated carbocycles. The van der Waals surface area contributed by atoms with Crippen LogP contribution in [0, 0.1) is 12.3 Å². The molecule has 1 aliphatic carbocycles. The van der Waals surface area contributed by atoms with E-state index in [0.29, 0.717) is 36.0 Å². The molecule has 4 aliphatic rings. The van der Waals surface area contributed by atoms with Gasteiger partial charge in [-0.25, -0.2) is 9.97 Å². The molecular weight excluding hydrogens is 805 g/mol. The van der Waals surface area contributed by atoms with Gasteiger partial charge in [-0.3, -0.25) is 19.7 Å². The molecule has 14 heteroatoms. The van der Waals surface area contributed by atoms with E-state index in [2.05, 4.69) is 113 Å². The first-order valence-corrected chi connectivity index (χ1v) is 23.0. The second-order valence-corrected chi connectivity index (χ2v) is 19.9. The summed E-state index contributed by atoms with van der Waals surface area (Å²) in [7, 11) is 0. The molecule has 4 fully saturated rings. The zero-order chi connectivity index (χ0) is 44.3. The number of carbonyl (C=O) groups is 3. The van der Waals surface area contributed by atoms with Crippen molar-refractivity contribution in [1.82, 2.24) is 40.6 Å². The second kappa shape index (κ2) is 16.4. The predicted molar refractivity (Wildman–Crippen MR) is 247 cm³/mol. The monoisotopic (exact) mass is 862 g/mol. The summed E-state index contributed by atoms with van der Waals surface area (Å²) in [6.07, 6.45) is 9.94. The fourth-order valence-corrected chi connectivity index (χ4v) is 10.5. The van der Waals surface area contributed by atoms with Crippen molar-refractivity contribution < 1.29 is 18.9 Å². The van der Waals surface area contributed by atoms with Gasteiger partial charge in [0.2, 0.25) is 11.8 Å². The number of aryl methyl sites for hydroxylation is 1. The van der Waals surface area contributed by atoms with E-state index in [1.807, 2.05) is 27.7 Å². The zero-order valence-electron chi connectivity index (χ0n) is 37.5. The van der Waals surface area contributed by atoms with Crippen LogP contribution in [0.3, 0.4) is 0 Å². The lowest BCUT2D eigenvalue weighted by molar-refractivity contribution is -0.133. The Morgan fingerprint density at radius 1 is 0.938 bits per heavy atom. The summed E-state index contributed by atoms with van der Waals surface area (Å²) in [5.41, 5.74) is 9.40. The van der Waals surface area contributed by atoms with Crippen molar-refractivity contribution in [2.45, 2.75) is 115 Å². The Morgan fingerprint density at radius 3 is 2.39 bits per heavy atom. The molecule has 64 heavy (non-hydrogen) atoms. The van der Waals surface area contributed by atoms with Gasteiger partial charge in [-0.05, 0) is 130 Å². The number of H-pyrrole nitrogens is 1. The molecule has 0 radical (unpaired) electrons. The number of anilines is 2. The highest BCUT2D eigenvalue weighted by Gasteiger charge is 2.42. The number of aromatic nitrogens is 5. The average Bonchev–Trinajstić information content (AvgIpc) is 3.92. The van der Waals surface area contributed by atoms with Crippen molar-refractivity contribution in [1.29, 1.82) is 0 Å². The van der Waals surface area contributed by atoms with Crippen molar-refractivity contribution in [3.8, 4) is 11.3 Å². The predicted octanol–water partition coefficient (Wildman–Crippen LogP) is 8.10. The van der Waals surface area contributed by atoms with E-state index in [1.165, 1.54) is 62.9 Å². The molecule has 0 unspecified atom stereocenters. The summed E-state index contributed by atoms with van der Waals surface area (Å²) >= 11 is 0. The van der Waals surface area contributed by atoms with Crippen LogP contribution in [-0.4, -0.2) is 86.0 Å². The molecular formula is C50H58N10O4. The van der Waals surface area contributed by atoms with Crippen LogP contribution in [-0.2, 0) is 15.0 Å². The fraction of sp³-hybridized carbons (Fsp3) is 0.460. The summed E-state index contributed by atoms with van der Waals surface area (Å²) in [5, 5.41) is 14.8. The Morgan fingerprint density at radius 2 is 1.69 bits per heavy atom. The minimum Gasteiger partial charge on any atom is -0.374 e. The zero-order valence-corrected chi connectivity index (χ0v) is 37.5. The van der Waals surface area contributed by atoms with Crippen LogP contribution in [0.5, 0.6) is 0 Å². The minimum absolute atomic E-state index is 0.0395. The Hall–Kier alpha value is -6.15. The summed E-state index contributed by atoms with van der Waals surface area (Å²) in [4.78, 5) is 59.3. The van der Waals surface area contributed by atoms with Crippen LogP contribution in [0.25, 0.3) is 33.2 Å². The third-order valence-corrected chi connectivity index (χ3v) is 14.7. The number of benzene rings is 3. The molecule has 4 N–H and O–H groups in total. The number of nitrogens with zero attached hydrogens (tertiary/aromatic N) is 6. The van der Waals surface area contributed by atoms with Gasteiger partial charge in [-0.1, -0.05) is 56.3 Å². The maximum atomic E-state index is 13.0. The van der Waals surface area contributed by atoms with E-state index in [9.17, 15) is 14.4 Å². The largest absolute Gasteiger partial charge is 0.374 e. The molecule has 6 heterocycles. The summed E-state index contributed by atoms with van der Waals surface area (Å²) in [6, 6.07) is 21.6. The van der Waals surface area contributed by atoms with E-state index in [0.717, 1.165) is 63.1 Å². The Balaban J connectivity index is 0.734. The van der Waals surface area contributed by atoms with E-state index in [1.54, 1.807) is 6.33 Å². The van der Waals surface area contributed by atoms with Crippen LogP contribution < -0.4 is 20.9 Å². The highest BCUT2D eigenvalue weighted by Crippen LogP contribution is 2.47. The maximum Gasteiger partial charge on any atom is 0.315 e. The van der Waals surface area contributed by atoms with Gasteiger partial charge >= 0.3 is 11.8 Å². The highest BCUT2D eigenvalue weighted by atomic mass is 16.5. The van der Waals surface area contributed by atoms with Gasteiger partial charge in [0.05, 0.1) is 17.1 Å². The Bertz CT molecular complexity index is 2730. The molecule has 332 valence electrons. The molecule has 0 bridgehead atoms. The summed E-state index contributed by atoms with van der Waals surface area (Å²) in [5.74, 6) is 0.209. The van der Waals surface area contributed by atoms with Crippen LogP contribution >= 0.6 is 0 Å². The maximum absolute atomic E-state index is 13.0. The lowest BCUT2D eigenvalue weighted by Crippen LogP contribution is -2.52. The molecule has 3 aromatic heterocycles. The van der Waals surface area contributed by atoms with E-state index in [4.69, 9.17) is 9.51 Å². The van der Waals surface area contributed by atoms with Gasteiger partial charge in [-0.15, -0.1) is 0 Å². The van der Waals surface area contributed by atoms with Gasteiger partial charge in [0.25, 0.3) is 0 Å². The van der Waals surface area contributed by atoms with Crippen molar-refractivity contribution in [2.75, 3.05) is 36.4 Å². The van der Waals surface area contributed by atoms with Crippen LogP contribution in [0.1, 0.15) is 124 Å². The van der Waals surface area contributed by atoms with Gasteiger partial charge in [0, 0.05) is 58.8 Å². The second-order valence-electron chi connectivity index (χ2n) is 19.9. The van der Waals surface area contributed by atoms with Gasteiger partial charge < -0.3 is 29.9 Å². The molecule has 3 aromatic carbocycles. The molecule has 6 aromatic rings. The molecule has 3 amide bonds. The number of hydrogen-bond donors (Lipinski definition) is 4. The van der Waals surface area contributed by atoms with Crippen molar-refractivity contribution >= 4 is 51.0 Å². The standard InChI is InChI=1S/C50H58N10O4/c1-29-24-32(8-12-37(29)30(2)53-46(63)47-57-48(58-64-47)49(3,4)5)43-42-38-13-11-35(27-40(38)55-44(42)52-28-51-43)59-20-16-50(17-21-59)18-22-60(23-19-50)36-25-33(26-36)31-6-9-34(10-7-31)54-39-14-15-41(61)56-45(39)62/h6-13,24,27-28,30,33,36,39,54H,14-23,25-26H2,1-5H3,(H,53,63)(H,51,52,55)(H,56,61,62)/t30-,33?,36?,39+/m1/s1. The number of piperidine rings is 3. The van der Waals surface area contributed by atoms with Crippen LogP contribution in [0.2, 0.25) is 0 Å². The number of hydrogen-bond acceptors (Lipinski definition) is 11. The van der Waals surface area contributed by atoms with Gasteiger partial charge in [-0.2, -0.15) is 4.98 Å². The Labute approximate surface area is 373 Å². The van der Waals surface area contributed by atoms with Crippen LogP contribution in [0.4, 0.5) is 11.4 Å². The number of carbonyl (C=O) groups excluding carboxylic acids is 3. The van der Waals surface area contributed by atoms with Crippen LogP contribution in [0.15, 0.2) is 71.5 Å². The molecule has 1 spiro atoms. The van der Waals surface area contributed by atoms with E-state index in [-0.39, 0.29) is 35.2 Å². The first-order valence-electron chi connectivity index (χ1n) is 23.0. The molecule has 2 atom stereocenters. The van der Waals surface area contributed by atoms with E-state index >= 15 is 0 Å². The fourth-order valence-electron chi connectivity index (χ4n) is 10.5. The number of rotatable bonds is 9. The molecule has 3 saturated heterocycles. The van der Waals surface area contributed by atoms with Crippen molar-refractivity contribution in [2.24, 2.45) is 5.41 Å². The normalized spacial score (nSPS) is 22.1. The van der Waals surface area contributed by atoms with Crippen molar-refractivity contribution in [3.05, 3.63) is 95.4 Å². The third kappa shape index (κ3) is 8.12. The summed E-state index contributed by atoms with van der Waals surface area (Å²) in [6.45, 7) is 14.4. The molecule has 3 aliphatic heterocycles. The van der Waals surface area contributed by atoms with E-state index < -0.39 is 5.91 Å². The Kier molecular flexibility index (Phi) is 10.7. The highest BCUT2D eigenvalue weighted by molar-refractivity contribution is 6.12.